The van der Waals surface area contributed by atoms with E-state index in [4.69, 9.17) is 16.6 Å². The van der Waals surface area contributed by atoms with E-state index >= 15 is 0 Å². The smallest absolute Gasteiger partial charge is 0.358 e. The van der Waals surface area contributed by atoms with Gasteiger partial charge in [-0.15, -0.1) is 0 Å². The number of halogens is 3. The summed E-state index contributed by atoms with van der Waals surface area (Å²) in [7, 11) is 0. The van der Waals surface area contributed by atoms with Crippen LogP contribution in [0.2, 0.25) is 5.28 Å². The van der Waals surface area contributed by atoms with E-state index in [1.54, 1.807) is 4.57 Å². The molecule has 0 unspecified atom stereocenters. The Morgan fingerprint density at radius 3 is 2.69 bits per heavy atom. The van der Waals surface area contributed by atoms with E-state index in [0.717, 1.165) is 48.9 Å². The second-order valence-electron chi connectivity index (χ2n) is 8.25. The van der Waals surface area contributed by atoms with E-state index in [0.29, 0.717) is 17.8 Å². The van der Waals surface area contributed by atoms with Gasteiger partial charge in [0.25, 0.3) is 0 Å². The highest BCUT2D eigenvalue weighted by Gasteiger charge is 2.23. The zero-order valence-corrected chi connectivity index (χ0v) is 18.4. The second kappa shape index (κ2) is 8.91. The van der Waals surface area contributed by atoms with Gasteiger partial charge in [0.1, 0.15) is 6.20 Å². The first-order valence-corrected chi connectivity index (χ1v) is 10.6. The van der Waals surface area contributed by atoms with Gasteiger partial charge in [-0.05, 0) is 69.7 Å². The Balaban J connectivity index is 1.45. The summed E-state index contributed by atoms with van der Waals surface area (Å²) in [5.74, 6) is -1.83. The van der Waals surface area contributed by atoms with Gasteiger partial charge in [-0.3, -0.25) is 14.5 Å². The maximum Gasteiger partial charge on any atom is 0.383 e. The minimum atomic E-state index is -0.886. The van der Waals surface area contributed by atoms with Crippen molar-refractivity contribution in [2.45, 2.75) is 33.4 Å². The number of aryl methyl sites for hydroxylation is 1. The molecular weight excluding hydrogens is 440 g/mol. The standard InChI is InChI=1S/C22H22ClF2N5O2/c1-13(10-29-12-21(30(31)32)27-22(29)23)9-28-6-5-19-16(11-28)14(2)7-20(26-19)15-3-4-17(24)18(25)8-15/h3-4,7-8,12-13H,5-6,9-11H2,1-2H3/t13-/m1/s1. The summed E-state index contributed by atoms with van der Waals surface area (Å²) in [6.45, 7) is 6.91. The lowest BCUT2D eigenvalue weighted by Crippen LogP contribution is -2.35. The van der Waals surface area contributed by atoms with Crippen molar-refractivity contribution in [1.82, 2.24) is 19.4 Å². The van der Waals surface area contributed by atoms with Crippen molar-refractivity contribution in [3.8, 4) is 11.3 Å². The monoisotopic (exact) mass is 461 g/mol. The molecular formula is C22H22ClF2N5O2. The third kappa shape index (κ3) is 4.63. The molecule has 0 fully saturated rings. The van der Waals surface area contributed by atoms with Crippen LogP contribution in [0.1, 0.15) is 23.7 Å². The SMILES string of the molecule is Cc1cc(-c2ccc(F)c(F)c2)nc2c1CN(C[C@@H](C)Cn1cc([N+](=O)[O-])nc1Cl)CC2. The van der Waals surface area contributed by atoms with Gasteiger partial charge in [0.05, 0.1) is 5.69 Å². The topological polar surface area (TPSA) is 77.1 Å². The number of imidazole rings is 1. The molecule has 0 radical (unpaired) electrons. The van der Waals surface area contributed by atoms with Crippen LogP contribution in [0, 0.1) is 34.6 Å². The Kier molecular flexibility index (Phi) is 6.21. The highest BCUT2D eigenvalue weighted by molar-refractivity contribution is 6.28. The van der Waals surface area contributed by atoms with Gasteiger partial charge in [0, 0.05) is 43.9 Å². The minimum absolute atomic E-state index is 0.109. The van der Waals surface area contributed by atoms with Crippen LogP contribution in [-0.2, 0) is 19.5 Å². The molecule has 10 heteroatoms. The van der Waals surface area contributed by atoms with Crippen molar-refractivity contribution in [3.05, 3.63) is 74.3 Å². The first-order chi connectivity index (χ1) is 15.2. The third-order valence-electron chi connectivity index (χ3n) is 5.68. The average molecular weight is 462 g/mol. The molecule has 0 spiro atoms. The fourth-order valence-electron chi connectivity index (χ4n) is 4.14. The Morgan fingerprint density at radius 1 is 1.22 bits per heavy atom. The largest absolute Gasteiger partial charge is 0.383 e. The van der Waals surface area contributed by atoms with E-state index in [1.165, 1.54) is 18.3 Å². The Morgan fingerprint density at radius 2 is 2.00 bits per heavy atom. The quantitative estimate of drug-likeness (QED) is 0.389. The molecule has 4 rings (SSSR count). The van der Waals surface area contributed by atoms with Gasteiger partial charge >= 0.3 is 11.1 Å². The van der Waals surface area contributed by atoms with Crippen molar-refractivity contribution in [2.24, 2.45) is 5.92 Å². The van der Waals surface area contributed by atoms with Crippen molar-refractivity contribution in [3.63, 3.8) is 0 Å². The highest BCUT2D eigenvalue weighted by Crippen LogP contribution is 2.28. The van der Waals surface area contributed by atoms with Gasteiger partial charge in [0.15, 0.2) is 11.6 Å². The number of nitrogens with zero attached hydrogens (tertiary/aromatic N) is 5. The molecule has 0 aliphatic carbocycles. The summed E-state index contributed by atoms with van der Waals surface area (Å²) < 4.78 is 28.5. The summed E-state index contributed by atoms with van der Waals surface area (Å²) >= 11 is 6.03. The molecule has 0 saturated carbocycles. The van der Waals surface area contributed by atoms with Gasteiger partial charge in [-0.1, -0.05) is 6.92 Å². The van der Waals surface area contributed by atoms with Gasteiger partial charge in [0.2, 0.25) is 0 Å². The first-order valence-electron chi connectivity index (χ1n) is 10.3. The van der Waals surface area contributed by atoms with Crippen LogP contribution >= 0.6 is 11.6 Å². The van der Waals surface area contributed by atoms with Crippen LogP contribution in [0.5, 0.6) is 0 Å². The van der Waals surface area contributed by atoms with Crippen molar-refractivity contribution in [2.75, 3.05) is 13.1 Å². The lowest BCUT2D eigenvalue weighted by atomic mass is 9.97. The van der Waals surface area contributed by atoms with Crippen LogP contribution in [0.4, 0.5) is 14.6 Å². The molecule has 0 bridgehead atoms. The highest BCUT2D eigenvalue weighted by atomic mass is 35.5. The Hall–Kier alpha value is -2.91. The first kappa shape index (κ1) is 22.3. The molecule has 1 atom stereocenters. The van der Waals surface area contributed by atoms with Gasteiger partial charge in [-0.25, -0.2) is 8.78 Å². The van der Waals surface area contributed by atoms with Crippen LogP contribution in [-0.4, -0.2) is 37.4 Å². The zero-order chi connectivity index (χ0) is 23.0. The molecule has 168 valence electrons. The molecule has 32 heavy (non-hydrogen) atoms. The fourth-order valence-corrected chi connectivity index (χ4v) is 4.35. The predicted molar refractivity (Wildman–Crippen MR) is 116 cm³/mol. The number of pyridine rings is 1. The lowest BCUT2D eigenvalue weighted by Gasteiger charge is -2.31. The van der Waals surface area contributed by atoms with E-state index in [2.05, 4.69) is 16.8 Å². The summed E-state index contributed by atoms with van der Waals surface area (Å²) in [6, 6.07) is 5.73. The molecule has 7 nitrogen and oxygen atoms in total. The molecule has 1 aromatic carbocycles. The summed E-state index contributed by atoms with van der Waals surface area (Å²) in [5.41, 5.74) is 4.36. The summed E-state index contributed by atoms with van der Waals surface area (Å²) in [5, 5.41) is 11.0. The van der Waals surface area contributed by atoms with Crippen LogP contribution in [0.25, 0.3) is 11.3 Å². The number of fused-ring (bicyclic) bond motifs is 1. The predicted octanol–water partition coefficient (Wildman–Crippen LogP) is 4.79. The van der Waals surface area contributed by atoms with Crippen LogP contribution in [0.15, 0.2) is 30.5 Å². The fraction of sp³-hybridized carbons (Fsp3) is 0.364. The number of hydrogen-bond acceptors (Lipinski definition) is 5. The average Bonchev–Trinajstić information content (AvgIpc) is 3.11. The molecule has 0 N–H and O–H groups in total. The normalized spacial score (nSPS) is 14.9. The Bertz CT molecular complexity index is 1180. The number of rotatable bonds is 6. The molecule has 0 amide bonds. The molecule has 2 aromatic heterocycles. The van der Waals surface area contributed by atoms with E-state index in [1.807, 2.05) is 13.0 Å². The molecule has 3 aromatic rings. The number of benzene rings is 1. The van der Waals surface area contributed by atoms with Gasteiger partial charge in [-0.2, -0.15) is 0 Å². The molecule has 3 heterocycles. The van der Waals surface area contributed by atoms with Crippen molar-refractivity contribution >= 4 is 17.4 Å². The van der Waals surface area contributed by atoms with E-state index in [-0.39, 0.29) is 17.0 Å². The van der Waals surface area contributed by atoms with Crippen molar-refractivity contribution < 1.29 is 13.7 Å². The minimum Gasteiger partial charge on any atom is -0.358 e. The lowest BCUT2D eigenvalue weighted by molar-refractivity contribution is -0.389. The molecule has 0 saturated heterocycles. The summed E-state index contributed by atoms with van der Waals surface area (Å²) in [6.07, 6.45) is 2.11. The maximum absolute atomic E-state index is 13.6. The third-order valence-corrected chi connectivity index (χ3v) is 5.98. The number of hydrogen-bond donors (Lipinski definition) is 0. The van der Waals surface area contributed by atoms with E-state index in [9.17, 15) is 18.9 Å². The van der Waals surface area contributed by atoms with Crippen LogP contribution in [0.3, 0.4) is 0 Å². The van der Waals surface area contributed by atoms with Gasteiger partial charge < -0.3 is 10.1 Å². The molecule has 1 aliphatic rings. The summed E-state index contributed by atoms with van der Waals surface area (Å²) in [4.78, 5) is 21.1. The van der Waals surface area contributed by atoms with Crippen LogP contribution < -0.4 is 0 Å². The number of nitro groups is 1. The molecule has 1 aliphatic heterocycles. The number of aromatic nitrogens is 3. The zero-order valence-electron chi connectivity index (χ0n) is 17.7. The van der Waals surface area contributed by atoms with E-state index < -0.39 is 16.6 Å². The van der Waals surface area contributed by atoms with Crippen molar-refractivity contribution in [1.29, 1.82) is 0 Å². The maximum atomic E-state index is 13.6. The Labute approximate surface area is 188 Å². The second-order valence-corrected chi connectivity index (χ2v) is 8.58.